The van der Waals surface area contributed by atoms with Crippen LogP contribution in [0.1, 0.15) is 25.0 Å². The Morgan fingerprint density at radius 3 is 2.83 bits per heavy atom. The van der Waals surface area contributed by atoms with Crippen molar-refractivity contribution in [2.24, 2.45) is 0 Å². The van der Waals surface area contributed by atoms with Gasteiger partial charge in [0.1, 0.15) is 5.75 Å². The standard InChI is InChI=1S/C21H22N4O3S/c26-19(12-15-13-24-10-11-29-21(24)22-15)25-14-18(20(27)23-8-4-1-5-9-23)28-17-7-3-2-6-16(17)25/h2-3,6-7,10-11,13,18H,1,4-5,8-9,12,14H2. The lowest BCUT2D eigenvalue weighted by molar-refractivity contribution is -0.139. The number of hydrogen-bond donors (Lipinski definition) is 0. The second-order valence-corrected chi connectivity index (χ2v) is 8.34. The molecule has 0 bridgehead atoms. The van der Waals surface area contributed by atoms with Crippen LogP contribution in [0.3, 0.4) is 0 Å². The largest absolute Gasteiger partial charge is 0.476 e. The maximum Gasteiger partial charge on any atom is 0.265 e. The van der Waals surface area contributed by atoms with Crippen LogP contribution < -0.4 is 9.64 Å². The molecular weight excluding hydrogens is 388 g/mol. The molecule has 3 aromatic rings. The van der Waals surface area contributed by atoms with E-state index in [0.717, 1.165) is 43.0 Å². The average molecular weight is 410 g/mol. The fraction of sp³-hybridized carbons (Fsp3) is 0.381. The Hall–Kier alpha value is -2.87. The second-order valence-electron chi connectivity index (χ2n) is 7.47. The van der Waals surface area contributed by atoms with Crippen molar-refractivity contribution in [1.82, 2.24) is 14.3 Å². The fourth-order valence-corrected chi connectivity index (χ4v) is 4.75. The van der Waals surface area contributed by atoms with Gasteiger partial charge in [-0.3, -0.25) is 14.0 Å². The molecule has 1 unspecified atom stereocenters. The summed E-state index contributed by atoms with van der Waals surface area (Å²) in [5.41, 5.74) is 1.44. The molecule has 5 rings (SSSR count). The van der Waals surface area contributed by atoms with Crippen LogP contribution in [0.2, 0.25) is 0 Å². The molecule has 1 atom stereocenters. The van der Waals surface area contributed by atoms with Crippen molar-refractivity contribution < 1.29 is 14.3 Å². The summed E-state index contributed by atoms with van der Waals surface area (Å²) < 4.78 is 7.93. The fourth-order valence-electron chi connectivity index (χ4n) is 4.03. The summed E-state index contributed by atoms with van der Waals surface area (Å²) in [6, 6.07) is 7.42. The molecule has 0 aliphatic carbocycles. The molecule has 1 saturated heterocycles. The first-order valence-corrected chi connectivity index (χ1v) is 10.8. The highest BCUT2D eigenvalue weighted by atomic mass is 32.1. The van der Waals surface area contributed by atoms with E-state index < -0.39 is 6.10 Å². The van der Waals surface area contributed by atoms with E-state index in [4.69, 9.17) is 4.74 Å². The zero-order valence-corrected chi connectivity index (χ0v) is 16.8. The Labute approximate surface area is 172 Å². The van der Waals surface area contributed by atoms with Crippen LogP contribution in [0.4, 0.5) is 5.69 Å². The number of piperidine rings is 1. The summed E-state index contributed by atoms with van der Waals surface area (Å²) in [6.45, 7) is 1.76. The van der Waals surface area contributed by atoms with Crippen molar-refractivity contribution in [1.29, 1.82) is 0 Å². The molecule has 2 amide bonds. The van der Waals surface area contributed by atoms with Crippen LogP contribution in [0.15, 0.2) is 42.0 Å². The maximum atomic E-state index is 13.2. The van der Waals surface area contributed by atoms with Gasteiger partial charge in [0.15, 0.2) is 11.1 Å². The first-order chi connectivity index (χ1) is 14.2. The third-order valence-corrected chi connectivity index (χ3v) is 6.26. The lowest BCUT2D eigenvalue weighted by Crippen LogP contribution is -2.53. The van der Waals surface area contributed by atoms with Crippen LogP contribution in [0.5, 0.6) is 5.75 Å². The molecule has 8 heteroatoms. The van der Waals surface area contributed by atoms with E-state index in [1.807, 2.05) is 51.3 Å². The van der Waals surface area contributed by atoms with Crippen LogP contribution in [-0.2, 0) is 16.0 Å². The number of nitrogens with zero attached hydrogens (tertiary/aromatic N) is 4. The number of ether oxygens (including phenoxy) is 1. The minimum Gasteiger partial charge on any atom is -0.476 e. The summed E-state index contributed by atoms with van der Waals surface area (Å²) in [5.74, 6) is 0.468. The maximum absolute atomic E-state index is 13.2. The molecule has 1 aromatic carbocycles. The first-order valence-electron chi connectivity index (χ1n) is 9.95. The predicted molar refractivity (Wildman–Crippen MR) is 110 cm³/mol. The Morgan fingerprint density at radius 1 is 1.17 bits per heavy atom. The molecule has 29 heavy (non-hydrogen) atoms. The van der Waals surface area contributed by atoms with Crippen molar-refractivity contribution in [2.45, 2.75) is 31.8 Å². The van der Waals surface area contributed by atoms with Crippen LogP contribution in [-0.4, -0.2) is 51.8 Å². The van der Waals surface area contributed by atoms with Crippen LogP contribution >= 0.6 is 11.3 Å². The predicted octanol–water partition coefficient (Wildman–Crippen LogP) is 2.75. The zero-order valence-electron chi connectivity index (χ0n) is 16.0. The second kappa shape index (κ2) is 7.51. The van der Waals surface area contributed by atoms with E-state index in [1.165, 1.54) is 11.3 Å². The van der Waals surface area contributed by atoms with Crippen LogP contribution in [0.25, 0.3) is 4.96 Å². The molecule has 0 spiro atoms. The van der Waals surface area contributed by atoms with Crippen molar-refractivity contribution in [3.8, 4) is 5.75 Å². The smallest absolute Gasteiger partial charge is 0.265 e. The molecule has 2 aromatic heterocycles. The number of fused-ring (bicyclic) bond motifs is 2. The van der Waals surface area contributed by atoms with Gasteiger partial charge in [0.05, 0.1) is 24.3 Å². The van der Waals surface area contributed by atoms with Crippen molar-refractivity contribution in [3.63, 3.8) is 0 Å². The Bertz CT molecular complexity index is 1020. The number of imidazole rings is 1. The van der Waals surface area contributed by atoms with E-state index in [1.54, 1.807) is 4.90 Å². The summed E-state index contributed by atoms with van der Waals surface area (Å²) in [4.78, 5) is 35.1. The summed E-state index contributed by atoms with van der Waals surface area (Å²) in [5, 5.41) is 1.96. The normalized spacial score (nSPS) is 19.1. The number of thiazole rings is 1. The Kier molecular flexibility index (Phi) is 4.71. The SMILES string of the molecule is O=C(C1CN(C(=O)Cc2cn3ccsc3n2)c2ccccc2O1)N1CCCCC1. The third-order valence-electron chi connectivity index (χ3n) is 5.49. The molecule has 1 fully saturated rings. The van der Waals surface area contributed by atoms with Gasteiger partial charge in [-0.1, -0.05) is 12.1 Å². The number of amides is 2. The molecule has 0 radical (unpaired) electrons. The molecule has 2 aliphatic rings. The van der Waals surface area contributed by atoms with Crippen molar-refractivity contribution in [2.75, 3.05) is 24.5 Å². The first kappa shape index (κ1) is 18.2. The molecule has 150 valence electrons. The van der Waals surface area contributed by atoms with Gasteiger partial charge >= 0.3 is 0 Å². The molecular formula is C21H22N4O3S. The van der Waals surface area contributed by atoms with Gasteiger partial charge in [0.2, 0.25) is 5.91 Å². The van der Waals surface area contributed by atoms with Gasteiger partial charge in [-0.25, -0.2) is 4.98 Å². The minimum absolute atomic E-state index is 0.0282. The molecule has 2 aliphatic heterocycles. The van der Waals surface area contributed by atoms with Gasteiger partial charge in [-0.05, 0) is 31.4 Å². The van der Waals surface area contributed by atoms with E-state index >= 15 is 0 Å². The topological polar surface area (TPSA) is 67.2 Å². The summed E-state index contributed by atoms with van der Waals surface area (Å²) in [6.07, 6.45) is 6.53. The number of anilines is 1. The van der Waals surface area contributed by atoms with Crippen molar-refractivity contribution in [3.05, 3.63) is 47.7 Å². The number of benzene rings is 1. The van der Waals surface area contributed by atoms with Gasteiger partial charge in [0.25, 0.3) is 5.91 Å². The highest BCUT2D eigenvalue weighted by molar-refractivity contribution is 7.15. The van der Waals surface area contributed by atoms with Gasteiger partial charge in [-0.15, -0.1) is 11.3 Å². The minimum atomic E-state index is -0.669. The van der Waals surface area contributed by atoms with Gasteiger partial charge in [0, 0.05) is 30.9 Å². The number of likely N-dealkylation sites (tertiary alicyclic amines) is 1. The van der Waals surface area contributed by atoms with E-state index in [-0.39, 0.29) is 24.8 Å². The molecule has 7 nitrogen and oxygen atoms in total. The number of aromatic nitrogens is 2. The van der Waals surface area contributed by atoms with Crippen LogP contribution in [0, 0.1) is 0 Å². The molecule has 0 saturated carbocycles. The Balaban J connectivity index is 1.38. The van der Waals surface area contributed by atoms with E-state index in [9.17, 15) is 9.59 Å². The van der Waals surface area contributed by atoms with E-state index in [2.05, 4.69) is 4.98 Å². The average Bonchev–Trinajstić information content (AvgIpc) is 3.34. The zero-order chi connectivity index (χ0) is 19.8. The van der Waals surface area contributed by atoms with Gasteiger partial charge in [-0.2, -0.15) is 0 Å². The summed E-state index contributed by atoms with van der Waals surface area (Å²) in [7, 11) is 0. The molecule has 4 heterocycles. The van der Waals surface area contributed by atoms with Gasteiger partial charge < -0.3 is 14.5 Å². The Morgan fingerprint density at radius 2 is 2.00 bits per heavy atom. The highest BCUT2D eigenvalue weighted by Gasteiger charge is 2.36. The number of rotatable bonds is 3. The number of carbonyl (C=O) groups excluding carboxylic acids is 2. The monoisotopic (exact) mass is 410 g/mol. The van der Waals surface area contributed by atoms with E-state index in [0.29, 0.717) is 11.4 Å². The lowest BCUT2D eigenvalue weighted by Gasteiger charge is -2.37. The highest BCUT2D eigenvalue weighted by Crippen LogP contribution is 2.34. The quantitative estimate of drug-likeness (QED) is 0.666. The summed E-state index contributed by atoms with van der Waals surface area (Å²) >= 11 is 1.54. The lowest BCUT2D eigenvalue weighted by atomic mass is 10.1. The number of carbonyl (C=O) groups is 2. The molecule has 0 N–H and O–H groups in total. The third kappa shape index (κ3) is 3.48. The number of hydrogen-bond acceptors (Lipinski definition) is 5. The number of para-hydroxylation sites is 2. The van der Waals surface area contributed by atoms with Crippen molar-refractivity contribution >= 4 is 33.8 Å².